The van der Waals surface area contributed by atoms with E-state index in [0.29, 0.717) is 0 Å². The quantitative estimate of drug-likeness (QED) is 0.606. The number of hydrogen-bond donors (Lipinski definition) is 1. The molecule has 0 atom stereocenters. The monoisotopic (exact) mass is 311 g/mol. The fourth-order valence-corrected chi connectivity index (χ4v) is 0.301. The zero-order valence-electron chi connectivity index (χ0n) is 4.46. The van der Waals surface area contributed by atoms with E-state index in [1.807, 2.05) is 5.53 Å². The molecule has 0 fully saturated rings. The molecule has 0 aromatic rings. The van der Waals surface area contributed by atoms with Crippen LogP contribution in [-0.2, 0) is 21.7 Å². The summed E-state index contributed by atoms with van der Waals surface area (Å²) in [6, 6.07) is 0. The Labute approximate surface area is 59.3 Å². The van der Waals surface area contributed by atoms with Crippen LogP contribution in [0.4, 0.5) is 0 Å². The fourth-order valence-electron chi connectivity index (χ4n) is 0.107. The number of rotatable bonds is 3. The van der Waals surface area contributed by atoms with Crippen molar-refractivity contribution in [3.63, 3.8) is 0 Å². The molecule has 54 valence electrons. The van der Waals surface area contributed by atoms with Crippen LogP contribution in [-0.4, -0.2) is 7.05 Å². The first-order valence-electron chi connectivity index (χ1n) is 1.76. The Morgan fingerprint density at radius 3 is 2.78 bits per heavy atom. The first-order chi connectivity index (χ1) is 4.41. The summed E-state index contributed by atoms with van der Waals surface area (Å²) in [5, 5.41) is 12.6. The number of nitrogens with one attached hydrogen (secondary N) is 1. The van der Waals surface area contributed by atoms with Gasteiger partial charge in [0.15, 0.2) is 0 Å². The Morgan fingerprint density at radius 2 is 2.22 bits per heavy atom. The Bertz CT molecular complexity index is 156. The van der Waals surface area contributed by atoms with Crippen LogP contribution in [0, 0.1) is 0 Å². The van der Waals surface area contributed by atoms with Gasteiger partial charge >= 0.3 is 58.7 Å². The molecule has 0 aromatic carbocycles. The zero-order chi connectivity index (χ0) is 6.95. The molecular formula is CH4N6OPt. The van der Waals surface area contributed by atoms with Crippen LogP contribution in [0.15, 0.2) is 24.4 Å². The van der Waals surface area contributed by atoms with E-state index in [0.717, 1.165) is 0 Å². The van der Waals surface area contributed by atoms with Crippen LogP contribution in [0.1, 0.15) is 0 Å². The zero-order valence-corrected chi connectivity index (χ0v) is 6.73. The van der Waals surface area contributed by atoms with Crippen LogP contribution in [0.2, 0.25) is 0 Å². The average molecular weight is 311 g/mol. The second kappa shape index (κ2) is 7.29. The molecule has 0 spiro atoms. The second-order valence-corrected chi connectivity index (χ2v) is 1.63. The molecular weight excluding hydrogens is 307 g/mol. The summed E-state index contributed by atoms with van der Waals surface area (Å²) in [4.78, 5) is 0. The van der Waals surface area contributed by atoms with Crippen LogP contribution in [0.5, 0.6) is 0 Å². The van der Waals surface area contributed by atoms with Gasteiger partial charge in [-0.25, -0.2) is 0 Å². The molecule has 1 N–H and O–H groups in total. The Kier molecular flexibility index (Phi) is 6.71. The van der Waals surface area contributed by atoms with Gasteiger partial charge in [-0.1, -0.05) is 0 Å². The van der Waals surface area contributed by atoms with Crippen LogP contribution >= 0.6 is 0 Å². The van der Waals surface area contributed by atoms with Gasteiger partial charge in [0.1, 0.15) is 0 Å². The summed E-state index contributed by atoms with van der Waals surface area (Å²) in [5.74, 6) is 0. The predicted octanol–water partition coefficient (Wildman–Crippen LogP) is 0.467. The van der Waals surface area contributed by atoms with E-state index >= 15 is 0 Å². The van der Waals surface area contributed by atoms with Crippen molar-refractivity contribution in [2.45, 2.75) is 0 Å². The summed E-state index contributed by atoms with van der Waals surface area (Å²) < 4.78 is 12.9. The van der Waals surface area contributed by atoms with E-state index in [4.69, 9.17) is 0 Å². The number of hydrogen-bond acceptors (Lipinski definition) is 4. The van der Waals surface area contributed by atoms with E-state index in [1.54, 1.807) is 0 Å². The molecule has 7 nitrogen and oxygen atoms in total. The van der Waals surface area contributed by atoms with E-state index in [-0.39, 0.29) is 0 Å². The minimum atomic E-state index is -1.38. The van der Waals surface area contributed by atoms with Gasteiger partial charge in [-0.05, 0) is 0 Å². The Morgan fingerprint density at radius 1 is 1.44 bits per heavy atom. The third kappa shape index (κ3) is 7.29. The summed E-state index contributed by atoms with van der Waals surface area (Å²) in [6.07, 6.45) is 0. The van der Waals surface area contributed by atoms with Crippen LogP contribution in [0.25, 0.3) is 0 Å². The van der Waals surface area contributed by atoms with Gasteiger partial charge in [-0.2, -0.15) is 0 Å². The van der Waals surface area contributed by atoms with Crippen molar-refractivity contribution in [3.05, 3.63) is 0 Å². The third-order valence-electron chi connectivity index (χ3n) is 0.279. The standard InChI is InChI=1S/CH4N6.O.Pt/c1-3-5-7-6-4-2;;/h1H3,(H,3,4,7);;. The predicted molar refractivity (Wildman–Crippen MR) is 21.9 cm³/mol. The first kappa shape index (κ1) is 8.29. The van der Waals surface area contributed by atoms with Crippen LogP contribution in [0.3, 0.4) is 0 Å². The third-order valence-corrected chi connectivity index (χ3v) is 0.714. The van der Waals surface area contributed by atoms with Gasteiger partial charge in [0.25, 0.3) is 0 Å². The molecule has 0 heterocycles. The fraction of sp³-hybridized carbons (Fsp3) is 1.00. The van der Waals surface area contributed by atoms with E-state index < -0.39 is 18.3 Å². The summed E-state index contributed by atoms with van der Waals surface area (Å²) in [6.45, 7) is 0. The van der Waals surface area contributed by atoms with E-state index in [1.165, 1.54) is 7.05 Å². The molecule has 0 amide bonds. The van der Waals surface area contributed by atoms with Crippen molar-refractivity contribution in [1.82, 2.24) is 5.53 Å². The molecule has 0 aromatic heterocycles. The maximum absolute atomic E-state index is 9.69. The van der Waals surface area contributed by atoms with Crippen molar-refractivity contribution in [1.29, 1.82) is 0 Å². The molecule has 0 aliphatic rings. The molecule has 9 heavy (non-hydrogen) atoms. The second-order valence-electron chi connectivity index (χ2n) is 0.707. The van der Waals surface area contributed by atoms with Gasteiger partial charge in [-0.3, -0.25) is 0 Å². The van der Waals surface area contributed by atoms with Crippen molar-refractivity contribution in [2.24, 2.45) is 24.4 Å². The molecule has 0 aliphatic heterocycles. The molecule has 0 rings (SSSR count). The van der Waals surface area contributed by atoms with Gasteiger partial charge in [-0.15, -0.1) is 0 Å². The van der Waals surface area contributed by atoms with Crippen LogP contribution < -0.4 is 5.53 Å². The average Bonchev–Trinajstić information content (AvgIpc) is 1.89. The molecule has 0 unspecified atom stereocenters. The van der Waals surface area contributed by atoms with Gasteiger partial charge < -0.3 is 0 Å². The van der Waals surface area contributed by atoms with Gasteiger partial charge in [0, 0.05) is 0 Å². The van der Waals surface area contributed by atoms with Crippen molar-refractivity contribution < 1.29 is 21.7 Å². The topological polar surface area (TPSA) is 90.9 Å². The van der Waals surface area contributed by atoms with Crippen molar-refractivity contribution >= 4 is 0 Å². The van der Waals surface area contributed by atoms with Crippen molar-refractivity contribution in [2.75, 3.05) is 7.05 Å². The van der Waals surface area contributed by atoms with Crippen molar-refractivity contribution in [3.8, 4) is 0 Å². The molecule has 0 aliphatic carbocycles. The normalized spacial score (nSPS) is 11.2. The first-order valence-corrected chi connectivity index (χ1v) is 3.71. The Hall–Kier alpha value is -0.712. The molecule has 0 bridgehead atoms. The molecule has 0 saturated carbocycles. The minimum absolute atomic E-state index is 1.38. The molecule has 0 saturated heterocycles. The summed E-state index contributed by atoms with van der Waals surface area (Å²) >= 11 is -1.38. The SMILES string of the molecule is CN=N/N=N/N[N]=[Pt]=[O]. The van der Waals surface area contributed by atoms with Gasteiger partial charge in [0.05, 0.1) is 0 Å². The maximum atomic E-state index is 9.69. The number of nitrogens with zero attached hydrogens (tertiary/aromatic N) is 5. The summed E-state index contributed by atoms with van der Waals surface area (Å²) in [5.41, 5.74) is 2.04. The van der Waals surface area contributed by atoms with Gasteiger partial charge in [0.2, 0.25) is 0 Å². The van der Waals surface area contributed by atoms with E-state index in [9.17, 15) is 3.40 Å². The molecule has 0 radical (unpaired) electrons. The molecule has 8 heteroatoms. The Balaban J connectivity index is 3.36. The van der Waals surface area contributed by atoms with E-state index in [2.05, 4.69) is 24.4 Å². The summed E-state index contributed by atoms with van der Waals surface area (Å²) in [7, 11) is 1.46.